The van der Waals surface area contributed by atoms with Crippen molar-refractivity contribution in [2.45, 2.75) is 6.10 Å². The van der Waals surface area contributed by atoms with E-state index in [2.05, 4.69) is 0 Å². The molecule has 0 aliphatic heterocycles. The summed E-state index contributed by atoms with van der Waals surface area (Å²) in [6.07, 6.45) is -0.564. The number of rotatable bonds is 3. The molecule has 0 saturated carbocycles. The molecule has 0 radical (unpaired) electrons. The summed E-state index contributed by atoms with van der Waals surface area (Å²) in [6.45, 7) is 0. The van der Waals surface area contributed by atoms with Gasteiger partial charge in [-0.15, -0.1) is 0 Å². The summed E-state index contributed by atoms with van der Waals surface area (Å²) >= 11 is 0.655. The quantitative estimate of drug-likeness (QED) is 0.681. The molecule has 0 aliphatic rings. The van der Waals surface area contributed by atoms with Gasteiger partial charge in [-0.05, 0) is 17.6 Å². The molecule has 0 heterocycles. The maximum atomic E-state index is 9.34. The Labute approximate surface area is 70.1 Å². The summed E-state index contributed by atoms with van der Waals surface area (Å²) in [7, 11) is 0. The highest BCUT2D eigenvalue weighted by molar-refractivity contribution is 7.93. The average Bonchev–Trinajstić information content (AvgIpc) is 2.07. The minimum absolute atomic E-state index is 0.323. The van der Waals surface area contributed by atoms with E-state index in [1.807, 2.05) is 30.3 Å². The molecule has 0 unspecified atom stereocenters. The maximum absolute atomic E-state index is 9.34. The van der Waals surface area contributed by atoms with Gasteiger partial charge in [-0.3, -0.25) is 0 Å². The van der Waals surface area contributed by atoms with Crippen LogP contribution in [0.25, 0.3) is 0 Å². The van der Waals surface area contributed by atoms with Gasteiger partial charge in [0.2, 0.25) is 0 Å². The summed E-state index contributed by atoms with van der Waals surface area (Å²) in [4.78, 5) is 0. The molecule has 0 amide bonds. The van der Waals surface area contributed by atoms with E-state index in [0.717, 1.165) is 5.56 Å². The van der Waals surface area contributed by atoms with E-state index < -0.39 is 6.10 Å². The Kier molecular flexibility index (Phi) is 3.42. The first-order valence-corrected chi connectivity index (χ1v) is 4.28. The number of benzene rings is 1. The first-order valence-electron chi connectivity index (χ1n) is 3.34. The van der Waals surface area contributed by atoms with E-state index in [4.69, 9.17) is 4.55 Å². The first kappa shape index (κ1) is 8.59. The molecule has 60 valence electrons. The molecular formula is C8H10O2S. The van der Waals surface area contributed by atoms with Crippen LogP contribution in [-0.2, 0) is 0 Å². The predicted octanol–water partition coefficient (Wildman–Crippen LogP) is 1.93. The van der Waals surface area contributed by atoms with Crippen LogP contribution in [-0.4, -0.2) is 15.4 Å². The van der Waals surface area contributed by atoms with Gasteiger partial charge >= 0.3 is 0 Å². The Bertz CT molecular complexity index is 201. The zero-order chi connectivity index (χ0) is 8.10. The molecule has 2 nitrogen and oxygen atoms in total. The van der Waals surface area contributed by atoms with E-state index in [0.29, 0.717) is 17.8 Å². The molecule has 1 aromatic rings. The van der Waals surface area contributed by atoms with Crippen LogP contribution >= 0.6 is 12.0 Å². The molecule has 0 aromatic heterocycles. The van der Waals surface area contributed by atoms with Gasteiger partial charge in [0.1, 0.15) is 0 Å². The normalized spacial score (nSPS) is 12.9. The van der Waals surface area contributed by atoms with E-state index in [-0.39, 0.29) is 0 Å². The summed E-state index contributed by atoms with van der Waals surface area (Å²) in [5, 5.41) is 9.34. The standard InChI is InChI=1S/C8H10O2S/c9-8(6-11-10)7-4-2-1-3-5-7/h1-5,8-10H,6H2/t8-/m1/s1. The third kappa shape index (κ3) is 2.54. The second-order valence-electron chi connectivity index (χ2n) is 2.22. The number of aliphatic hydroxyl groups excluding tert-OH is 1. The van der Waals surface area contributed by atoms with Crippen molar-refractivity contribution in [1.29, 1.82) is 0 Å². The Morgan fingerprint density at radius 1 is 1.27 bits per heavy atom. The Morgan fingerprint density at radius 2 is 1.91 bits per heavy atom. The fraction of sp³-hybridized carbons (Fsp3) is 0.250. The third-order valence-corrected chi connectivity index (χ3v) is 1.88. The van der Waals surface area contributed by atoms with Crippen molar-refractivity contribution >= 4 is 12.0 Å². The Balaban J connectivity index is 2.61. The molecule has 1 atom stereocenters. The molecule has 3 heteroatoms. The SMILES string of the molecule is OSC[C@@H](O)c1ccccc1. The molecule has 2 N–H and O–H groups in total. The molecule has 1 rings (SSSR count). The second kappa shape index (κ2) is 4.38. The van der Waals surface area contributed by atoms with E-state index in [9.17, 15) is 5.11 Å². The van der Waals surface area contributed by atoms with Crippen LogP contribution in [0.1, 0.15) is 11.7 Å². The van der Waals surface area contributed by atoms with Gasteiger partial charge in [0.05, 0.1) is 6.10 Å². The molecule has 1 aromatic carbocycles. The van der Waals surface area contributed by atoms with Crippen molar-refractivity contribution < 1.29 is 9.66 Å². The Morgan fingerprint density at radius 3 is 2.45 bits per heavy atom. The molecule has 0 spiro atoms. The van der Waals surface area contributed by atoms with Crippen molar-refractivity contribution in [2.24, 2.45) is 0 Å². The second-order valence-corrected chi connectivity index (χ2v) is 2.81. The van der Waals surface area contributed by atoms with Gasteiger partial charge < -0.3 is 9.66 Å². The highest BCUT2D eigenvalue weighted by Gasteiger charge is 2.04. The lowest BCUT2D eigenvalue weighted by atomic mass is 10.1. The molecule has 0 fully saturated rings. The average molecular weight is 170 g/mol. The van der Waals surface area contributed by atoms with Gasteiger partial charge in [-0.1, -0.05) is 30.3 Å². The van der Waals surface area contributed by atoms with Gasteiger partial charge in [-0.25, -0.2) is 0 Å². The van der Waals surface area contributed by atoms with Crippen LogP contribution < -0.4 is 0 Å². The highest BCUT2D eigenvalue weighted by atomic mass is 32.2. The van der Waals surface area contributed by atoms with E-state index >= 15 is 0 Å². The molecule has 0 saturated heterocycles. The van der Waals surface area contributed by atoms with Crippen LogP contribution in [0.15, 0.2) is 30.3 Å². The largest absolute Gasteiger partial charge is 0.387 e. The van der Waals surface area contributed by atoms with Crippen molar-refractivity contribution in [3.8, 4) is 0 Å². The summed E-state index contributed by atoms with van der Waals surface area (Å²) in [6, 6.07) is 9.28. The minimum atomic E-state index is -0.564. The van der Waals surface area contributed by atoms with Crippen LogP contribution in [0, 0.1) is 0 Å². The van der Waals surface area contributed by atoms with Gasteiger partial charge in [0.15, 0.2) is 0 Å². The number of hydrogen-bond acceptors (Lipinski definition) is 3. The topological polar surface area (TPSA) is 40.5 Å². The molecule has 0 bridgehead atoms. The lowest BCUT2D eigenvalue weighted by molar-refractivity contribution is 0.203. The zero-order valence-corrected chi connectivity index (χ0v) is 6.79. The molecule has 11 heavy (non-hydrogen) atoms. The number of hydrogen-bond donors (Lipinski definition) is 2. The monoisotopic (exact) mass is 170 g/mol. The third-order valence-electron chi connectivity index (χ3n) is 1.42. The predicted molar refractivity (Wildman–Crippen MR) is 46.5 cm³/mol. The van der Waals surface area contributed by atoms with E-state index in [1.165, 1.54) is 0 Å². The lowest BCUT2D eigenvalue weighted by Gasteiger charge is -2.06. The van der Waals surface area contributed by atoms with Crippen molar-refractivity contribution in [2.75, 3.05) is 5.75 Å². The smallest absolute Gasteiger partial charge is 0.0902 e. The zero-order valence-electron chi connectivity index (χ0n) is 5.97. The van der Waals surface area contributed by atoms with Crippen LogP contribution in [0.4, 0.5) is 0 Å². The fourth-order valence-electron chi connectivity index (χ4n) is 0.842. The molecule has 0 aliphatic carbocycles. The Hall–Kier alpha value is -0.510. The van der Waals surface area contributed by atoms with Crippen LogP contribution in [0.2, 0.25) is 0 Å². The maximum Gasteiger partial charge on any atom is 0.0902 e. The van der Waals surface area contributed by atoms with Gasteiger partial charge in [0.25, 0.3) is 0 Å². The van der Waals surface area contributed by atoms with Crippen LogP contribution in [0.3, 0.4) is 0 Å². The first-order chi connectivity index (χ1) is 5.34. The summed E-state index contributed by atoms with van der Waals surface area (Å²) in [5.74, 6) is 0.323. The van der Waals surface area contributed by atoms with Crippen molar-refractivity contribution in [3.05, 3.63) is 35.9 Å². The van der Waals surface area contributed by atoms with E-state index in [1.54, 1.807) is 0 Å². The van der Waals surface area contributed by atoms with Crippen molar-refractivity contribution in [3.63, 3.8) is 0 Å². The summed E-state index contributed by atoms with van der Waals surface area (Å²) in [5.41, 5.74) is 0.842. The lowest BCUT2D eigenvalue weighted by Crippen LogP contribution is -1.99. The van der Waals surface area contributed by atoms with Crippen molar-refractivity contribution in [1.82, 2.24) is 0 Å². The molecular weight excluding hydrogens is 160 g/mol. The van der Waals surface area contributed by atoms with Gasteiger partial charge in [0, 0.05) is 5.75 Å². The summed E-state index contributed by atoms with van der Waals surface area (Å²) < 4.78 is 8.45. The van der Waals surface area contributed by atoms with Gasteiger partial charge in [-0.2, -0.15) is 0 Å². The minimum Gasteiger partial charge on any atom is -0.387 e. The fourth-order valence-corrected chi connectivity index (χ4v) is 1.18. The highest BCUT2D eigenvalue weighted by Crippen LogP contribution is 2.15. The van der Waals surface area contributed by atoms with Crippen LogP contribution in [0.5, 0.6) is 0 Å². The number of aliphatic hydroxyl groups is 1.